The van der Waals surface area contributed by atoms with Gasteiger partial charge in [-0.05, 0) is 0 Å². The second-order valence-electron chi connectivity index (χ2n) is 2.87. The Morgan fingerprint density at radius 3 is 2.30 bits per heavy atom. The first kappa shape index (κ1) is 9.85. The Kier molecular flexibility index (Phi) is 4.56. The van der Waals surface area contributed by atoms with Crippen molar-refractivity contribution >= 4 is 17.2 Å². The maximum atomic E-state index is 5.41. The molecule has 0 aliphatic heterocycles. The smallest absolute Gasteiger partial charge is 0.0768 e. The largest absolute Gasteiger partial charge is 0.393 e. The summed E-state index contributed by atoms with van der Waals surface area (Å²) in [5, 5.41) is 3.26. The molecule has 0 rings (SSSR count). The highest BCUT2D eigenvalue weighted by Crippen LogP contribution is 1.92. The van der Waals surface area contributed by atoms with Crippen molar-refractivity contribution in [1.82, 2.24) is 5.32 Å². The molecule has 0 aliphatic carbocycles. The van der Waals surface area contributed by atoms with Gasteiger partial charge in [-0.25, -0.2) is 0 Å². The van der Waals surface area contributed by atoms with Crippen LogP contribution in [0.2, 0.25) is 0 Å². The molecule has 0 amide bonds. The minimum absolute atomic E-state index is 0.303. The van der Waals surface area contributed by atoms with Crippen LogP contribution in [0.4, 0.5) is 0 Å². The fourth-order valence-electron chi connectivity index (χ4n) is 0.513. The van der Waals surface area contributed by atoms with E-state index in [1.54, 1.807) is 0 Å². The van der Waals surface area contributed by atoms with E-state index in [0.29, 0.717) is 16.9 Å². The molecule has 0 aliphatic rings. The van der Waals surface area contributed by atoms with Gasteiger partial charge in [0, 0.05) is 18.5 Å². The van der Waals surface area contributed by atoms with Gasteiger partial charge in [-0.3, -0.25) is 0 Å². The van der Waals surface area contributed by atoms with Gasteiger partial charge in [0.05, 0.1) is 4.99 Å². The molecular formula is C7H16N2S. The zero-order valence-corrected chi connectivity index (χ0v) is 7.66. The van der Waals surface area contributed by atoms with E-state index < -0.39 is 0 Å². The predicted molar refractivity (Wildman–Crippen MR) is 49.1 cm³/mol. The minimum Gasteiger partial charge on any atom is -0.393 e. The van der Waals surface area contributed by atoms with E-state index in [1.165, 1.54) is 0 Å². The molecule has 0 spiro atoms. The molecule has 1 unspecified atom stereocenters. The van der Waals surface area contributed by atoms with Gasteiger partial charge >= 0.3 is 0 Å². The number of thiocarbonyl (C=S) groups is 1. The Balaban J connectivity index is 3.40. The van der Waals surface area contributed by atoms with Gasteiger partial charge in [0.1, 0.15) is 0 Å². The van der Waals surface area contributed by atoms with E-state index in [4.69, 9.17) is 18.0 Å². The van der Waals surface area contributed by atoms with Crippen LogP contribution in [0.5, 0.6) is 0 Å². The van der Waals surface area contributed by atoms with Crippen LogP contribution in [0.3, 0.4) is 0 Å². The van der Waals surface area contributed by atoms with Gasteiger partial charge in [-0.1, -0.05) is 33.0 Å². The molecule has 2 nitrogen and oxygen atoms in total. The Labute approximate surface area is 68.2 Å². The van der Waals surface area contributed by atoms with E-state index in [-0.39, 0.29) is 0 Å². The topological polar surface area (TPSA) is 38.0 Å². The zero-order valence-electron chi connectivity index (χ0n) is 6.85. The summed E-state index contributed by atoms with van der Waals surface area (Å²) in [5.41, 5.74) is 5.41. The number of nitrogens with two attached hydrogens (primary N) is 1. The van der Waals surface area contributed by atoms with Crippen molar-refractivity contribution in [2.24, 2.45) is 11.7 Å². The van der Waals surface area contributed by atoms with Crippen molar-refractivity contribution in [2.45, 2.75) is 26.8 Å². The van der Waals surface area contributed by atoms with Crippen LogP contribution in [0, 0.1) is 5.92 Å². The molecule has 0 fully saturated rings. The summed E-state index contributed by atoms with van der Waals surface area (Å²) in [6.45, 7) is 7.11. The molecule has 1 atom stereocenters. The third-order valence-corrected chi connectivity index (χ3v) is 1.72. The van der Waals surface area contributed by atoms with E-state index in [0.717, 1.165) is 6.54 Å². The Morgan fingerprint density at radius 1 is 1.50 bits per heavy atom. The monoisotopic (exact) mass is 160 g/mol. The number of rotatable bonds is 4. The average molecular weight is 160 g/mol. The highest BCUT2D eigenvalue weighted by molar-refractivity contribution is 7.80. The van der Waals surface area contributed by atoms with E-state index in [1.807, 2.05) is 6.92 Å². The van der Waals surface area contributed by atoms with Gasteiger partial charge in [0.2, 0.25) is 0 Å². The summed E-state index contributed by atoms with van der Waals surface area (Å²) in [7, 11) is 0. The fraction of sp³-hybridized carbons (Fsp3) is 0.857. The van der Waals surface area contributed by atoms with Crippen molar-refractivity contribution in [2.75, 3.05) is 6.54 Å². The molecule has 0 heterocycles. The third kappa shape index (κ3) is 4.70. The lowest BCUT2D eigenvalue weighted by Crippen LogP contribution is -2.33. The van der Waals surface area contributed by atoms with E-state index >= 15 is 0 Å². The summed E-state index contributed by atoms with van der Waals surface area (Å²) >= 11 is 4.81. The van der Waals surface area contributed by atoms with Gasteiger partial charge in [0.15, 0.2) is 0 Å². The van der Waals surface area contributed by atoms with Crippen LogP contribution in [-0.2, 0) is 0 Å². The van der Waals surface area contributed by atoms with E-state index in [9.17, 15) is 0 Å². The molecule has 0 aromatic heterocycles. The van der Waals surface area contributed by atoms with Crippen LogP contribution in [0.1, 0.15) is 20.8 Å². The molecular weight excluding hydrogens is 144 g/mol. The first-order valence-electron chi connectivity index (χ1n) is 3.56. The zero-order chi connectivity index (χ0) is 8.15. The Morgan fingerprint density at radius 2 is 2.00 bits per heavy atom. The molecule has 0 aromatic rings. The highest BCUT2D eigenvalue weighted by atomic mass is 32.1. The molecule has 3 N–H and O–H groups in total. The van der Waals surface area contributed by atoms with Crippen molar-refractivity contribution in [3.05, 3.63) is 0 Å². The number of nitrogens with one attached hydrogen (secondary N) is 1. The average Bonchev–Trinajstić information content (AvgIpc) is 1.82. The van der Waals surface area contributed by atoms with Gasteiger partial charge < -0.3 is 11.1 Å². The van der Waals surface area contributed by atoms with Gasteiger partial charge in [-0.2, -0.15) is 0 Å². The van der Waals surface area contributed by atoms with Crippen molar-refractivity contribution in [3.8, 4) is 0 Å². The Hall–Kier alpha value is -0.150. The minimum atomic E-state index is 0.303. The third-order valence-electron chi connectivity index (χ3n) is 1.32. The second-order valence-corrected chi connectivity index (χ2v) is 3.34. The normalized spacial score (nSPS) is 13.6. The van der Waals surface area contributed by atoms with Gasteiger partial charge in [0.25, 0.3) is 0 Å². The standard InChI is InChI=1S/C7H16N2S/c1-5(2)9-4-6(3)7(8)10/h5-6,9H,4H2,1-3H3,(H2,8,10). The van der Waals surface area contributed by atoms with Crippen molar-refractivity contribution in [3.63, 3.8) is 0 Å². The summed E-state index contributed by atoms with van der Waals surface area (Å²) in [6, 6.07) is 0.511. The first-order valence-corrected chi connectivity index (χ1v) is 3.97. The quantitative estimate of drug-likeness (QED) is 0.600. The molecule has 0 aromatic carbocycles. The highest BCUT2D eigenvalue weighted by Gasteiger charge is 2.03. The van der Waals surface area contributed by atoms with Crippen molar-refractivity contribution < 1.29 is 0 Å². The van der Waals surface area contributed by atoms with Crippen LogP contribution >= 0.6 is 12.2 Å². The van der Waals surface area contributed by atoms with Crippen LogP contribution < -0.4 is 11.1 Å². The predicted octanol–water partition coefficient (Wildman–Crippen LogP) is 0.907. The van der Waals surface area contributed by atoms with Crippen LogP contribution in [0.15, 0.2) is 0 Å². The maximum absolute atomic E-state index is 5.41. The lowest BCUT2D eigenvalue weighted by Gasteiger charge is -2.12. The lowest BCUT2D eigenvalue weighted by atomic mass is 10.2. The molecule has 0 radical (unpaired) electrons. The van der Waals surface area contributed by atoms with Crippen molar-refractivity contribution in [1.29, 1.82) is 0 Å². The van der Waals surface area contributed by atoms with Crippen LogP contribution in [0.25, 0.3) is 0 Å². The molecule has 0 saturated heterocycles. The fourth-order valence-corrected chi connectivity index (χ4v) is 0.596. The summed E-state index contributed by atoms with van der Waals surface area (Å²) in [6.07, 6.45) is 0. The molecule has 60 valence electrons. The molecule has 10 heavy (non-hydrogen) atoms. The Bertz CT molecular complexity index is 112. The molecule has 0 saturated carbocycles. The summed E-state index contributed by atoms with van der Waals surface area (Å²) in [5.74, 6) is 0.303. The first-order chi connectivity index (χ1) is 4.54. The van der Waals surface area contributed by atoms with Crippen LogP contribution in [-0.4, -0.2) is 17.6 Å². The summed E-state index contributed by atoms with van der Waals surface area (Å²) < 4.78 is 0. The number of hydrogen-bond donors (Lipinski definition) is 2. The summed E-state index contributed by atoms with van der Waals surface area (Å²) in [4.78, 5) is 0.591. The lowest BCUT2D eigenvalue weighted by molar-refractivity contribution is 0.548. The molecule has 3 heteroatoms. The SMILES string of the molecule is CC(C)NCC(C)C(N)=S. The van der Waals surface area contributed by atoms with Gasteiger partial charge in [-0.15, -0.1) is 0 Å². The van der Waals surface area contributed by atoms with E-state index in [2.05, 4.69) is 19.2 Å². The molecule has 0 bridgehead atoms. The second kappa shape index (κ2) is 4.63. The number of hydrogen-bond acceptors (Lipinski definition) is 2. The maximum Gasteiger partial charge on any atom is 0.0768 e.